The lowest BCUT2D eigenvalue weighted by molar-refractivity contribution is 0.0626. The van der Waals surface area contributed by atoms with Crippen LogP contribution in [0.5, 0.6) is 0 Å². The third-order valence-corrected chi connectivity index (χ3v) is 4.04. The molecule has 150 valence electrons. The molecule has 0 radical (unpaired) electrons. The SMILES string of the molecule is O=C(O)c1nc(C(=O)O)c(-c2cccnc2-c2cccnc2)c(C(=O)O)c1C(=O)O. The molecule has 0 spiro atoms. The first-order chi connectivity index (χ1) is 14.2. The average molecular weight is 409 g/mol. The highest BCUT2D eigenvalue weighted by atomic mass is 16.4. The third kappa shape index (κ3) is 3.42. The lowest BCUT2D eigenvalue weighted by atomic mass is 9.90. The van der Waals surface area contributed by atoms with E-state index < -0.39 is 52.0 Å². The van der Waals surface area contributed by atoms with Crippen LogP contribution in [0.3, 0.4) is 0 Å². The van der Waals surface area contributed by atoms with Gasteiger partial charge in [-0.05, 0) is 18.2 Å². The van der Waals surface area contributed by atoms with Crippen LogP contribution < -0.4 is 0 Å². The van der Waals surface area contributed by atoms with E-state index in [1.54, 1.807) is 12.1 Å². The molecule has 0 saturated carbocycles. The molecule has 0 bridgehead atoms. The van der Waals surface area contributed by atoms with Crippen molar-refractivity contribution in [2.45, 2.75) is 0 Å². The topological polar surface area (TPSA) is 188 Å². The summed E-state index contributed by atoms with van der Waals surface area (Å²) in [7, 11) is 0. The fourth-order valence-electron chi connectivity index (χ4n) is 2.92. The quantitative estimate of drug-likeness (QED) is 0.466. The lowest BCUT2D eigenvalue weighted by Crippen LogP contribution is -2.22. The summed E-state index contributed by atoms with van der Waals surface area (Å²) in [6, 6.07) is 5.87. The number of pyridine rings is 3. The third-order valence-electron chi connectivity index (χ3n) is 4.04. The molecule has 3 aromatic rings. The predicted octanol–water partition coefficient (Wildman–Crippen LogP) is 2.00. The molecule has 0 aliphatic carbocycles. The van der Waals surface area contributed by atoms with E-state index >= 15 is 0 Å². The maximum absolute atomic E-state index is 12.0. The van der Waals surface area contributed by atoms with E-state index in [1.165, 1.54) is 30.7 Å². The van der Waals surface area contributed by atoms with Crippen LogP contribution in [0.2, 0.25) is 0 Å². The molecule has 11 heteroatoms. The van der Waals surface area contributed by atoms with Crippen molar-refractivity contribution in [3.63, 3.8) is 0 Å². The number of carboxylic acids is 4. The molecular weight excluding hydrogens is 398 g/mol. The van der Waals surface area contributed by atoms with E-state index in [0.29, 0.717) is 5.56 Å². The molecule has 0 aliphatic heterocycles. The Morgan fingerprint density at radius 1 is 0.733 bits per heavy atom. The zero-order chi connectivity index (χ0) is 22.0. The number of hydrogen-bond acceptors (Lipinski definition) is 7. The highest BCUT2D eigenvalue weighted by Crippen LogP contribution is 2.36. The molecule has 3 aromatic heterocycles. The van der Waals surface area contributed by atoms with E-state index in [-0.39, 0.29) is 11.3 Å². The van der Waals surface area contributed by atoms with Crippen molar-refractivity contribution in [1.82, 2.24) is 15.0 Å². The Morgan fingerprint density at radius 2 is 1.37 bits per heavy atom. The molecule has 30 heavy (non-hydrogen) atoms. The monoisotopic (exact) mass is 409 g/mol. The van der Waals surface area contributed by atoms with Crippen LogP contribution >= 0.6 is 0 Å². The van der Waals surface area contributed by atoms with Crippen molar-refractivity contribution in [3.05, 3.63) is 65.4 Å². The molecule has 3 rings (SSSR count). The largest absolute Gasteiger partial charge is 0.478 e. The Morgan fingerprint density at radius 3 is 1.90 bits per heavy atom. The number of aromatic carboxylic acids is 4. The molecule has 0 unspecified atom stereocenters. The van der Waals surface area contributed by atoms with Gasteiger partial charge in [-0.25, -0.2) is 24.2 Å². The van der Waals surface area contributed by atoms with Gasteiger partial charge >= 0.3 is 23.9 Å². The van der Waals surface area contributed by atoms with Crippen molar-refractivity contribution in [2.24, 2.45) is 0 Å². The number of carbonyl (C=O) groups is 4. The molecule has 0 fully saturated rings. The Kier molecular flexibility index (Phi) is 5.19. The normalized spacial score (nSPS) is 10.4. The zero-order valence-corrected chi connectivity index (χ0v) is 14.8. The van der Waals surface area contributed by atoms with Crippen molar-refractivity contribution in [1.29, 1.82) is 0 Å². The minimum atomic E-state index is -1.89. The van der Waals surface area contributed by atoms with Gasteiger partial charge in [0.25, 0.3) is 0 Å². The van der Waals surface area contributed by atoms with E-state index in [4.69, 9.17) is 0 Å². The van der Waals surface area contributed by atoms with E-state index in [0.717, 1.165) is 0 Å². The summed E-state index contributed by atoms with van der Waals surface area (Å²) in [5.74, 6) is -7.35. The van der Waals surface area contributed by atoms with Crippen molar-refractivity contribution < 1.29 is 39.6 Å². The fraction of sp³-hybridized carbons (Fsp3) is 0. The molecule has 0 aromatic carbocycles. The first-order valence-corrected chi connectivity index (χ1v) is 8.11. The van der Waals surface area contributed by atoms with Gasteiger partial charge in [-0.3, -0.25) is 9.97 Å². The molecule has 3 heterocycles. The Hall–Kier alpha value is -4.67. The summed E-state index contributed by atoms with van der Waals surface area (Å²) in [6.45, 7) is 0. The van der Waals surface area contributed by atoms with E-state index in [2.05, 4.69) is 15.0 Å². The first kappa shape index (κ1) is 20.1. The van der Waals surface area contributed by atoms with Gasteiger partial charge in [0.2, 0.25) is 0 Å². The van der Waals surface area contributed by atoms with Gasteiger partial charge in [0.1, 0.15) is 5.56 Å². The van der Waals surface area contributed by atoms with Gasteiger partial charge in [-0.1, -0.05) is 6.07 Å². The lowest BCUT2D eigenvalue weighted by Gasteiger charge is -2.16. The van der Waals surface area contributed by atoms with E-state index in [1.807, 2.05) is 0 Å². The minimum absolute atomic E-state index is 0.0627. The highest BCUT2D eigenvalue weighted by Gasteiger charge is 2.34. The molecule has 0 aliphatic rings. The second kappa shape index (κ2) is 7.75. The molecule has 11 nitrogen and oxygen atoms in total. The Balaban J connectivity index is 2.55. The standard InChI is InChI=1S/C19H11N3O8/c23-16(24)11-10(9-4-2-6-21-13(9)8-3-1-5-20-7-8)14(18(27)28)22-15(19(29)30)12(11)17(25)26/h1-7H,(H,23,24)(H,25,26)(H,27,28)(H,29,30). The molecule has 0 atom stereocenters. The van der Waals surface area contributed by atoms with Crippen LogP contribution in [0.1, 0.15) is 41.7 Å². The highest BCUT2D eigenvalue weighted by molar-refractivity contribution is 6.15. The molecule has 0 amide bonds. The Labute approximate surface area is 166 Å². The van der Waals surface area contributed by atoms with Gasteiger partial charge < -0.3 is 20.4 Å². The van der Waals surface area contributed by atoms with Crippen LogP contribution in [-0.4, -0.2) is 59.3 Å². The number of nitrogens with zero attached hydrogens (tertiary/aromatic N) is 3. The minimum Gasteiger partial charge on any atom is -0.478 e. The van der Waals surface area contributed by atoms with Crippen LogP contribution in [0, 0.1) is 0 Å². The summed E-state index contributed by atoms with van der Waals surface area (Å²) in [5, 5.41) is 38.1. The van der Waals surface area contributed by atoms with Crippen molar-refractivity contribution >= 4 is 23.9 Å². The maximum atomic E-state index is 12.0. The second-order valence-electron chi connectivity index (χ2n) is 5.80. The predicted molar refractivity (Wildman–Crippen MR) is 98.5 cm³/mol. The first-order valence-electron chi connectivity index (χ1n) is 8.11. The van der Waals surface area contributed by atoms with Crippen molar-refractivity contribution in [3.8, 4) is 22.4 Å². The number of rotatable bonds is 6. The number of aromatic nitrogens is 3. The smallest absolute Gasteiger partial charge is 0.355 e. The fourth-order valence-corrected chi connectivity index (χ4v) is 2.92. The number of carboxylic acid groups (broad SMARTS) is 4. The van der Waals surface area contributed by atoms with Gasteiger partial charge in [-0.2, -0.15) is 0 Å². The average Bonchev–Trinajstić information content (AvgIpc) is 2.72. The second-order valence-corrected chi connectivity index (χ2v) is 5.80. The maximum Gasteiger partial charge on any atom is 0.355 e. The van der Waals surface area contributed by atoms with Crippen LogP contribution in [0.25, 0.3) is 22.4 Å². The van der Waals surface area contributed by atoms with Crippen molar-refractivity contribution in [2.75, 3.05) is 0 Å². The van der Waals surface area contributed by atoms with E-state index in [9.17, 15) is 39.6 Å². The molecular formula is C19H11N3O8. The summed E-state index contributed by atoms with van der Waals surface area (Å²) in [4.78, 5) is 58.6. The van der Waals surface area contributed by atoms with Gasteiger partial charge in [0.05, 0.1) is 11.3 Å². The van der Waals surface area contributed by atoms with Gasteiger partial charge in [0, 0.05) is 35.3 Å². The summed E-state index contributed by atoms with van der Waals surface area (Å²) in [6.07, 6.45) is 4.23. The molecule has 0 saturated heterocycles. The van der Waals surface area contributed by atoms with Crippen LogP contribution in [0.15, 0.2) is 42.9 Å². The summed E-state index contributed by atoms with van der Waals surface area (Å²) in [5.41, 5.74) is -4.45. The molecule has 4 N–H and O–H groups in total. The Bertz CT molecular complexity index is 1210. The summed E-state index contributed by atoms with van der Waals surface area (Å²) < 4.78 is 0. The zero-order valence-electron chi connectivity index (χ0n) is 14.8. The van der Waals surface area contributed by atoms with Gasteiger partial charge in [0.15, 0.2) is 11.4 Å². The van der Waals surface area contributed by atoms with Crippen LogP contribution in [-0.2, 0) is 0 Å². The number of hydrogen-bond donors (Lipinski definition) is 4. The summed E-state index contributed by atoms with van der Waals surface area (Å²) >= 11 is 0. The van der Waals surface area contributed by atoms with Crippen LogP contribution in [0.4, 0.5) is 0 Å². The van der Waals surface area contributed by atoms with Gasteiger partial charge in [-0.15, -0.1) is 0 Å².